The predicted octanol–water partition coefficient (Wildman–Crippen LogP) is -1.64. The Hall–Kier alpha value is -1.82. The zero-order valence-corrected chi connectivity index (χ0v) is 10.7. The Morgan fingerprint density at radius 2 is 1.05 bits per heavy atom. The van der Waals surface area contributed by atoms with Crippen molar-refractivity contribution in [1.82, 2.24) is 0 Å². The second-order valence-electron chi connectivity index (χ2n) is 3.69. The van der Waals surface area contributed by atoms with E-state index in [1.807, 2.05) is 0 Å². The summed E-state index contributed by atoms with van der Waals surface area (Å²) in [6.45, 7) is 8.70. The molecule has 0 aliphatic rings. The van der Waals surface area contributed by atoms with Crippen LogP contribution in [0.4, 0.5) is 0 Å². The first kappa shape index (κ1) is 18.2. The molecule has 0 amide bonds. The predicted molar refractivity (Wildman–Crippen MR) is 58.3 cm³/mol. The molecular formula is C10H14O10. The van der Waals surface area contributed by atoms with Crippen molar-refractivity contribution in [3.8, 4) is 0 Å². The lowest BCUT2D eigenvalue weighted by molar-refractivity contribution is -0.620. The summed E-state index contributed by atoms with van der Waals surface area (Å²) in [5.41, 5.74) is -0.367. The highest BCUT2D eigenvalue weighted by atomic mass is 17.3. The average molecular weight is 294 g/mol. The van der Waals surface area contributed by atoms with Gasteiger partial charge in [-0.05, 0) is 13.8 Å². The highest BCUT2D eigenvalue weighted by Crippen LogP contribution is 2.21. The summed E-state index contributed by atoms with van der Waals surface area (Å²) in [4.78, 5) is 36.8. The van der Waals surface area contributed by atoms with E-state index < -0.39 is 23.9 Å². The van der Waals surface area contributed by atoms with Gasteiger partial charge in [0.05, 0.1) is 0 Å². The molecule has 0 saturated heterocycles. The van der Waals surface area contributed by atoms with Crippen molar-refractivity contribution in [3.05, 3.63) is 24.3 Å². The number of hydrogen-bond acceptors (Lipinski definition) is 10. The molecule has 0 spiro atoms. The van der Waals surface area contributed by atoms with Crippen LogP contribution in [-0.2, 0) is 29.1 Å². The second kappa shape index (κ2) is 6.56. The lowest BCUT2D eigenvalue weighted by atomic mass is 10.4. The Balaban J connectivity index is 4.63. The summed E-state index contributed by atoms with van der Waals surface area (Å²) in [5.74, 6) is -10.4. The van der Waals surface area contributed by atoms with Gasteiger partial charge in [0, 0.05) is 11.1 Å². The van der Waals surface area contributed by atoms with Gasteiger partial charge in [0.1, 0.15) is 0 Å². The molecule has 10 heteroatoms. The maximum atomic E-state index is 10.9. The molecule has 114 valence electrons. The average Bonchev–Trinajstić information content (AvgIpc) is 2.32. The fourth-order valence-corrected chi connectivity index (χ4v) is 0.443. The molecular weight excluding hydrogens is 280 g/mol. The van der Waals surface area contributed by atoms with Crippen LogP contribution in [0.25, 0.3) is 0 Å². The number of carbonyl (C=O) groups is 2. The van der Waals surface area contributed by atoms with Crippen molar-refractivity contribution < 1.29 is 49.6 Å². The Morgan fingerprint density at radius 1 is 0.800 bits per heavy atom. The maximum absolute atomic E-state index is 10.9. The fraction of sp³-hybridized carbons (Fsp3) is 0.400. The van der Waals surface area contributed by atoms with Crippen molar-refractivity contribution in [2.24, 2.45) is 0 Å². The van der Waals surface area contributed by atoms with E-state index in [-0.39, 0.29) is 11.1 Å². The van der Waals surface area contributed by atoms with E-state index in [0.717, 1.165) is 0 Å². The van der Waals surface area contributed by atoms with Gasteiger partial charge in [-0.25, -0.2) is 9.59 Å². The largest absolute Gasteiger partial charge is 0.405 e. The molecule has 0 atom stereocenters. The molecule has 0 aromatic carbocycles. The summed E-state index contributed by atoms with van der Waals surface area (Å²) in [7, 11) is 0. The molecule has 0 aromatic heterocycles. The summed E-state index contributed by atoms with van der Waals surface area (Å²) in [5, 5.41) is 36.4. The van der Waals surface area contributed by atoms with E-state index in [1.54, 1.807) is 0 Å². The Labute approximate surface area is 112 Å². The van der Waals surface area contributed by atoms with Crippen LogP contribution in [0.2, 0.25) is 0 Å². The van der Waals surface area contributed by atoms with E-state index in [4.69, 9.17) is 20.4 Å². The minimum absolute atomic E-state index is 0.183. The third-order valence-corrected chi connectivity index (χ3v) is 1.59. The van der Waals surface area contributed by atoms with Crippen LogP contribution >= 0.6 is 0 Å². The van der Waals surface area contributed by atoms with Gasteiger partial charge in [-0.15, -0.1) is 9.78 Å². The molecule has 0 unspecified atom stereocenters. The molecule has 0 aliphatic heterocycles. The lowest BCUT2D eigenvalue weighted by Crippen LogP contribution is -2.58. The highest BCUT2D eigenvalue weighted by Gasteiger charge is 2.56. The van der Waals surface area contributed by atoms with Gasteiger partial charge in [-0.2, -0.15) is 0 Å². The van der Waals surface area contributed by atoms with Gasteiger partial charge < -0.3 is 20.4 Å². The first-order valence-electron chi connectivity index (χ1n) is 4.91. The Morgan fingerprint density at radius 3 is 1.25 bits per heavy atom. The summed E-state index contributed by atoms with van der Waals surface area (Å²) >= 11 is 0. The molecule has 20 heavy (non-hydrogen) atoms. The molecule has 0 saturated carbocycles. The minimum atomic E-state index is -3.96. The lowest BCUT2D eigenvalue weighted by Gasteiger charge is -2.29. The zero-order valence-electron chi connectivity index (χ0n) is 10.7. The fourth-order valence-electron chi connectivity index (χ4n) is 0.443. The molecule has 10 nitrogen and oxygen atoms in total. The van der Waals surface area contributed by atoms with E-state index in [9.17, 15) is 9.59 Å². The third kappa shape index (κ3) is 5.05. The first-order chi connectivity index (χ1) is 8.90. The molecule has 0 rings (SSSR count). The Bertz CT molecular complexity index is 382. The van der Waals surface area contributed by atoms with Crippen LogP contribution in [-0.4, -0.2) is 44.3 Å². The van der Waals surface area contributed by atoms with Crippen LogP contribution in [0.5, 0.6) is 0 Å². The van der Waals surface area contributed by atoms with Crippen LogP contribution in [0.1, 0.15) is 13.8 Å². The highest BCUT2D eigenvalue weighted by molar-refractivity contribution is 5.86. The van der Waals surface area contributed by atoms with E-state index in [1.165, 1.54) is 13.8 Å². The molecule has 0 aromatic rings. The van der Waals surface area contributed by atoms with Gasteiger partial charge in [0.15, 0.2) is 0 Å². The van der Waals surface area contributed by atoms with E-state index in [0.29, 0.717) is 0 Å². The number of carbonyl (C=O) groups excluding carboxylic acids is 2. The Kier molecular flexibility index (Phi) is 5.96. The maximum Gasteiger partial charge on any atom is 0.405 e. The normalized spacial score (nSPS) is 11.7. The van der Waals surface area contributed by atoms with Gasteiger partial charge in [0.2, 0.25) is 0 Å². The van der Waals surface area contributed by atoms with Gasteiger partial charge in [-0.1, -0.05) is 13.2 Å². The third-order valence-electron chi connectivity index (χ3n) is 1.59. The van der Waals surface area contributed by atoms with Crippen molar-refractivity contribution in [2.75, 3.05) is 0 Å². The second-order valence-corrected chi connectivity index (χ2v) is 3.69. The first-order valence-corrected chi connectivity index (χ1v) is 4.91. The molecule has 4 N–H and O–H groups in total. The molecule has 0 bridgehead atoms. The SMILES string of the molecule is C=C(C)C(=O)OOC(O)(O)C(O)(O)OOC(=O)C(=C)C. The van der Waals surface area contributed by atoms with Crippen LogP contribution in [0.3, 0.4) is 0 Å². The number of rotatable bonds is 7. The zero-order chi connectivity index (χ0) is 16.1. The van der Waals surface area contributed by atoms with Crippen molar-refractivity contribution in [3.63, 3.8) is 0 Å². The quantitative estimate of drug-likeness (QED) is 0.186. The van der Waals surface area contributed by atoms with E-state index in [2.05, 4.69) is 32.7 Å². The minimum Gasteiger partial charge on any atom is -0.334 e. The summed E-state index contributed by atoms with van der Waals surface area (Å²) in [6, 6.07) is 0. The summed E-state index contributed by atoms with van der Waals surface area (Å²) < 4.78 is 0. The molecule has 0 fully saturated rings. The number of aliphatic hydroxyl groups is 4. The molecule has 0 radical (unpaired) electrons. The monoisotopic (exact) mass is 294 g/mol. The van der Waals surface area contributed by atoms with Crippen LogP contribution in [0, 0.1) is 0 Å². The van der Waals surface area contributed by atoms with Crippen LogP contribution < -0.4 is 0 Å². The van der Waals surface area contributed by atoms with Crippen LogP contribution in [0.15, 0.2) is 24.3 Å². The molecule has 0 heterocycles. The topological polar surface area (TPSA) is 152 Å². The van der Waals surface area contributed by atoms with Gasteiger partial charge >= 0.3 is 23.9 Å². The van der Waals surface area contributed by atoms with Crippen molar-refractivity contribution in [2.45, 2.75) is 25.8 Å². The van der Waals surface area contributed by atoms with Gasteiger partial charge in [0.25, 0.3) is 0 Å². The standard InChI is InChI=1S/C10H14O10/c1-5(2)7(11)17-19-9(13,14)10(15,16)20-18-8(12)6(3)4/h13-16H,1,3H2,2,4H3. The number of hydrogen-bond donors (Lipinski definition) is 4. The van der Waals surface area contributed by atoms with Crippen molar-refractivity contribution in [1.29, 1.82) is 0 Å². The smallest absolute Gasteiger partial charge is 0.334 e. The van der Waals surface area contributed by atoms with Gasteiger partial charge in [-0.3, -0.25) is 9.78 Å². The van der Waals surface area contributed by atoms with E-state index >= 15 is 0 Å². The molecule has 0 aliphatic carbocycles. The summed E-state index contributed by atoms with van der Waals surface area (Å²) in [6.07, 6.45) is 0. The van der Waals surface area contributed by atoms with Crippen molar-refractivity contribution >= 4 is 11.9 Å².